The monoisotopic (exact) mass is 443 g/mol. The summed E-state index contributed by atoms with van der Waals surface area (Å²) in [5, 5.41) is 14.4. The first-order valence-electron chi connectivity index (χ1n) is 11.2. The van der Waals surface area contributed by atoms with Gasteiger partial charge in [0.2, 0.25) is 5.78 Å². The number of aryl methyl sites for hydroxylation is 2. The second-order valence-corrected chi connectivity index (χ2v) is 9.24. The van der Waals surface area contributed by atoms with Crippen LogP contribution in [0.2, 0.25) is 0 Å². The van der Waals surface area contributed by atoms with E-state index >= 15 is 0 Å². The molecule has 3 aromatic carbocycles. The van der Waals surface area contributed by atoms with Crippen LogP contribution >= 0.6 is 11.3 Å². The minimum Gasteiger partial charge on any atom is -0.508 e. The number of rotatable bonds is 9. The average molecular weight is 444 g/mol. The Morgan fingerprint density at radius 2 is 1.75 bits per heavy atom. The van der Waals surface area contributed by atoms with E-state index in [1.165, 1.54) is 22.5 Å². The number of benzene rings is 3. The number of hydrogen-bond acceptors (Lipinski definition) is 4. The lowest BCUT2D eigenvalue weighted by Crippen LogP contribution is -2.14. The molecule has 164 valence electrons. The highest BCUT2D eigenvalue weighted by Crippen LogP contribution is 2.36. The SMILES string of the molecule is CCNCCCc1ccc(Cc2c(C(=O)c3ccccc3C)sc3cc(O)ccc23)cc1. The van der Waals surface area contributed by atoms with Crippen LogP contribution in [0.4, 0.5) is 0 Å². The van der Waals surface area contributed by atoms with Crippen LogP contribution in [0.15, 0.2) is 66.7 Å². The number of phenols is 1. The maximum atomic E-state index is 13.5. The number of hydrogen-bond donors (Lipinski definition) is 2. The van der Waals surface area contributed by atoms with Crippen LogP contribution in [0.5, 0.6) is 5.75 Å². The quantitative estimate of drug-likeness (QED) is 0.236. The number of phenolic OH excluding ortho intramolecular Hbond substituents is 1. The number of fused-ring (bicyclic) bond motifs is 1. The third kappa shape index (κ3) is 4.93. The van der Waals surface area contributed by atoms with E-state index in [9.17, 15) is 9.90 Å². The summed E-state index contributed by atoms with van der Waals surface area (Å²) < 4.78 is 0.942. The Hall–Kier alpha value is -2.95. The zero-order valence-electron chi connectivity index (χ0n) is 18.7. The van der Waals surface area contributed by atoms with Gasteiger partial charge in [0, 0.05) is 10.3 Å². The van der Waals surface area contributed by atoms with Gasteiger partial charge in [-0.15, -0.1) is 11.3 Å². The van der Waals surface area contributed by atoms with Gasteiger partial charge in [-0.05, 0) is 85.1 Å². The van der Waals surface area contributed by atoms with Gasteiger partial charge in [0.05, 0.1) is 4.88 Å². The summed E-state index contributed by atoms with van der Waals surface area (Å²) in [4.78, 5) is 14.3. The highest BCUT2D eigenvalue weighted by atomic mass is 32.1. The molecule has 0 aliphatic heterocycles. The third-order valence-corrected chi connectivity index (χ3v) is 7.04. The second kappa shape index (κ2) is 10.1. The largest absolute Gasteiger partial charge is 0.508 e. The molecule has 0 amide bonds. The van der Waals surface area contributed by atoms with Gasteiger partial charge in [-0.3, -0.25) is 4.79 Å². The van der Waals surface area contributed by atoms with Crippen molar-refractivity contribution in [3.8, 4) is 5.75 Å². The second-order valence-electron chi connectivity index (χ2n) is 8.18. The molecule has 0 bridgehead atoms. The number of thiophene rings is 1. The zero-order valence-corrected chi connectivity index (χ0v) is 19.5. The molecule has 32 heavy (non-hydrogen) atoms. The third-order valence-electron chi connectivity index (χ3n) is 5.85. The number of ketones is 1. The molecule has 0 fully saturated rings. The highest BCUT2D eigenvalue weighted by molar-refractivity contribution is 7.21. The molecule has 0 spiro atoms. The number of carbonyl (C=O) groups excluding carboxylic acids is 1. The summed E-state index contributed by atoms with van der Waals surface area (Å²) in [7, 11) is 0. The van der Waals surface area contributed by atoms with Crippen molar-refractivity contribution in [3.05, 3.63) is 99.4 Å². The first kappa shape index (κ1) is 22.3. The predicted octanol–water partition coefficient (Wildman–Crippen LogP) is 6.28. The van der Waals surface area contributed by atoms with Crippen LogP contribution in [0.1, 0.15) is 50.8 Å². The summed E-state index contributed by atoms with van der Waals surface area (Å²) in [5.74, 6) is 0.279. The molecule has 0 saturated heterocycles. The van der Waals surface area contributed by atoms with Crippen LogP contribution in [-0.4, -0.2) is 24.0 Å². The summed E-state index contributed by atoms with van der Waals surface area (Å²) in [6, 6.07) is 21.9. The Balaban J connectivity index is 1.65. The Bertz CT molecular complexity index is 1220. The molecule has 4 rings (SSSR count). The lowest BCUT2D eigenvalue weighted by atomic mass is 9.96. The number of nitrogens with one attached hydrogen (secondary N) is 1. The average Bonchev–Trinajstić information content (AvgIpc) is 3.15. The maximum Gasteiger partial charge on any atom is 0.203 e. The van der Waals surface area contributed by atoms with Crippen LogP contribution < -0.4 is 5.32 Å². The van der Waals surface area contributed by atoms with Gasteiger partial charge in [0.1, 0.15) is 5.75 Å². The van der Waals surface area contributed by atoms with E-state index in [1.54, 1.807) is 12.1 Å². The molecule has 3 nitrogen and oxygen atoms in total. The fourth-order valence-electron chi connectivity index (χ4n) is 4.07. The van der Waals surface area contributed by atoms with Crippen molar-refractivity contribution in [2.45, 2.75) is 33.1 Å². The van der Waals surface area contributed by atoms with E-state index in [0.717, 1.165) is 57.6 Å². The number of carbonyl (C=O) groups is 1. The van der Waals surface area contributed by atoms with Gasteiger partial charge in [-0.2, -0.15) is 0 Å². The van der Waals surface area contributed by atoms with Crippen molar-refractivity contribution in [2.75, 3.05) is 13.1 Å². The molecule has 2 N–H and O–H groups in total. The summed E-state index contributed by atoms with van der Waals surface area (Å²) in [6.07, 6.45) is 2.88. The molecule has 0 radical (unpaired) electrons. The van der Waals surface area contributed by atoms with Gasteiger partial charge < -0.3 is 10.4 Å². The molecule has 0 aliphatic rings. The van der Waals surface area contributed by atoms with E-state index < -0.39 is 0 Å². The highest BCUT2D eigenvalue weighted by Gasteiger charge is 2.21. The van der Waals surface area contributed by atoms with Gasteiger partial charge in [0.25, 0.3) is 0 Å². The maximum absolute atomic E-state index is 13.5. The number of aromatic hydroxyl groups is 1. The van der Waals surface area contributed by atoms with E-state index in [4.69, 9.17) is 0 Å². The van der Waals surface area contributed by atoms with Crippen LogP contribution in [0.25, 0.3) is 10.1 Å². The summed E-state index contributed by atoms with van der Waals surface area (Å²) in [5.41, 5.74) is 5.28. The Morgan fingerprint density at radius 1 is 1.00 bits per heavy atom. The molecule has 0 unspecified atom stereocenters. The van der Waals surface area contributed by atoms with Crippen molar-refractivity contribution < 1.29 is 9.90 Å². The molecular formula is C28H29NO2S. The summed E-state index contributed by atoms with van der Waals surface area (Å²) >= 11 is 1.47. The fourth-order valence-corrected chi connectivity index (χ4v) is 5.28. The molecule has 0 atom stereocenters. The minimum absolute atomic E-state index is 0.0545. The molecule has 0 aliphatic carbocycles. The Morgan fingerprint density at radius 3 is 2.50 bits per heavy atom. The van der Waals surface area contributed by atoms with Crippen molar-refractivity contribution in [1.29, 1.82) is 0 Å². The van der Waals surface area contributed by atoms with E-state index in [-0.39, 0.29) is 11.5 Å². The van der Waals surface area contributed by atoms with Crippen molar-refractivity contribution in [3.63, 3.8) is 0 Å². The Kier molecular flexibility index (Phi) is 7.03. The fraction of sp³-hybridized carbons (Fsp3) is 0.250. The van der Waals surface area contributed by atoms with Gasteiger partial charge in [-0.1, -0.05) is 55.5 Å². The smallest absolute Gasteiger partial charge is 0.203 e. The van der Waals surface area contributed by atoms with Crippen LogP contribution in [-0.2, 0) is 12.8 Å². The van der Waals surface area contributed by atoms with Crippen molar-refractivity contribution in [2.24, 2.45) is 0 Å². The first-order chi connectivity index (χ1) is 15.6. The topological polar surface area (TPSA) is 49.3 Å². The molecular weight excluding hydrogens is 414 g/mol. The zero-order chi connectivity index (χ0) is 22.5. The lowest BCUT2D eigenvalue weighted by Gasteiger charge is -2.08. The molecule has 4 heteroatoms. The molecule has 4 aromatic rings. The molecule has 0 saturated carbocycles. The summed E-state index contributed by atoms with van der Waals surface area (Å²) in [6.45, 7) is 6.15. The van der Waals surface area contributed by atoms with Crippen molar-refractivity contribution in [1.82, 2.24) is 5.32 Å². The first-order valence-corrected chi connectivity index (χ1v) is 12.0. The Labute approximate surface area is 193 Å². The van der Waals surface area contributed by atoms with Crippen LogP contribution in [0, 0.1) is 6.92 Å². The molecule has 1 aromatic heterocycles. The van der Waals surface area contributed by atoms with Gasteiger partial charge in [-0.25, -0.2) is 0 Å². The minimum atomic E-state index is 0.0545. The predicted molar refractivity (Wildman–Crippen MR) is 134 cm³/mol. The van der Waals surface area contributed by atoms with E-state index in [0.29, 0.717) is 6.42 Å². The van der Waals surface area contributed by atoms with E-state index in [2.05, 4.69) is 36.5 Å². The molecule has 1 heterocycles. The van der Waals surface area contributed by atoms with E-state index in [1.807, 2.05) is 37.3 Å². The lowest BCUT2D eigenvalue weighted by molar-refractivity contribution is 0.104. The standard InChI is InChI=1S/C28H29NO2S/c1-3-29-16-6-8-20-10-12-21(13-11-20)17-25-24-15-14-22(30)18-26(24)32-28(25)27(31)23-9-5-4-7-19(23)2/h4-5,7,9-15,18,29-30H,3,6,8,16-17H2,1-2H3. The van der Waals surface area contributed by atoms with Gasteiger partial charge in [0.15, 0.2) is 0 Å². The normalized spacial score (nSPS) is 11.2. The van der Waals surface area contributed by atoms with Gasteiger partial charge >= 0.3 is 0 Å². The van der Waals surface area contributed by atoms with Crippen LogP contribution in [0.3, 0.4) is 0 Å². The van der Waals surface area contributed by atoms with Crippen molar-refractivity contribution >= 4 is 27.2 Å².